The molecule has 2 heterocycles. The fourth-order valence-corrected chi connectivity index (χ4v) is 4.95. The number of likely N-dealkylation sites (N-methyl/N-ethyl adjacent to an activating group) is 2. The molecule has 2 unspecified atom stereocenters. The van der Waals surface area contributed by atoms with E-state index in [1.54, 1.807) is 25.2 Å². The Morgan fingerprint density at radius 3 is 2.60 bits per heavy atom. The second-order valence-electron chi connectivity index (χ2n) is 8.58. The molecular formula is C21H28ClN5O3. The van der Waals surface area contributed by atoms with Gasteiger partial charge in [0.15, 0.2) is 17.7 Å². The maximum Gasteiger partial charge on any atom is 0.328 e. The lowest BCUT2D eigenvalue weighted by Crippen LogP contribution is -2.71. The van der Waals surface area contributed by atoms with Gasteiger partial charge in [-0.3, -0.25) is 9.69 Å². The van der Waals surface area contributed by atoms with Crippen molar-refractivity contribution in [1.29, 1.82) is 0 Å². The standard InChI is InChI=1S/C21H28ClN5O3/c1-21-17(25(2)20(30)26(3)18(21)29)24-19(23-14-7-5-4-6-8-14)27(21)12-13-9-10-16(28)15(22)11-13/h9-11,14,17,28H,4-8,12H2,1-3H3,(H,23,24). The number of phenolic OH excluding ortho intramolecular Hbond substituents is 1. The number of amides is 3. The number of fused-ring (bicyclic) bond motifs is 1. The largest absolute Gasteiger partial charge is 0.506 e. The van der Waals surface area contributed by atoms with Gasteiger partial charge in [-0.1, -0.05) is 36.9 Å². The van der Waals surface area contributed by atoms with Crippen LogP contribution < -0.4 is 5.32 Å². The molecule has 4 rings (SSSR count). The summed E-state index contributed by atoms with van der Waals surface area (Å²) >= 11 is 6.12. The molecule has 162 valence electrons. The van der Waals surface area contributed by atoms with Crippen LogP contribution in [0.1, 0.15) is 44.6 Å². The molecule has 0 bridgehead atoms. The highest BCUT2D eigenvalue weighted by molar-refractivity contribution is 6.32. The van der Waals surface area contributed by atoms with Crippen LogP contribution in [0.5, 0.6) is 5.75 Å². The molecule has 1 saturated heterocycles. The second kappa shape index (κ2) is 7.65. The first-order valence-electron chi connectivity index (χ1n) is 10.4. The Morgan fingerprint density at radius 2 is 1.93 bits per heavy atom. The number of halogens is 1. The van der Waals surface area contributed by atoms with Gasteiger partial charge in [0, 0.05) is 26.7 Å². The molecule has 1 saturated carbocycles. The molecule has 1 aromatic rings. The molecule has 1 aliphatic carbocycles. The Hall–Kier alpha value is -2.48. The number of carbonyl (C=O) groups is 2. The van der Waals surface area contributed by atoms with Crippen molar-refractivity contribution >= 4 is 29.5 Å². The average Bonchev–Trinajstić information content (AvgIpc) is 3.01. The van der Waals surface area contributed by atoms with Crippen LogP contribution in [0.3, 0.4) is 0 Å². The van der Waals surface area contributed by atoms with Crippen LogP contribution >= 0.6 is 11.6 Å². The molecule has 2 fully saturated rings. The average molecular weight is 434 g/mol. The van der Waals surface area contributed by atoms with Gasteiger partial charge in [0.2, 0.25) is 0 Å². The van der Waals surface area contributed by atoms with Crippen molar-refractivity contribution in [1.82, 2.24) is 20.0 Å². The quantitative estimate of drug-likeness (QED) is 0.765. The van der Waals surface area contributed by atoms with Crippen molar-refractivity contribution in [2.45, 2.75) is 63.3 Å². The summed E-state index contributed by atoms with van der Waals surface area (Å²) in [4.78, 5) is 35.3. The highest BCUT2D eigenvalue weighted by Gasteiger charge is 2.60. The smallest absolute Gasteiger partial charge is 0.328 e. The lowest BCUT2D eigenvalue weighted by molar-refractivity contribution is -0.144. The predicted octanol–water partition coefficient (Wildman–Crippen LogP) is 2.75. The first kappa shape index (κ1) is 20.8. The summed E-state index contributed by atoms with van der Waals surface area (Å²) in [6, 6.07) is 4.95. The molecule has 30 heavy (non-hydrogen) atoms. The topological polar surface area (TPSA) is 88.5 Å². The Labute approximate surface area is 181 Å². The summed E-state index contributed by atoms with van der Waals surface area (Å²) in [5.41, 5.74) is -0.202. The van der Waals surface area contributed by atoms with Gasteiger partial charge in [-0.15, -0.1) is 0 Å². The van der Waals surface area contributed by atoms with Crippen molar-refractivity contribution in [2.75, 3.05) is 14.1 Å². The van der Waals surface area contributed by atoms with E-state index in [1.165, 1.54) is 31.2 Å². The van der Waals surface area contributed by atoms with Crippen LogP contribution in [-0.2, 0) is 11.3 Å². The summed E-state index contributed by atoms with van der Waals surface area (Å²) < 4.78 is 0. The number of hydrogen-bond donors (Lipinski definition) is 2. The molecule has 0 spiro atoms. The zero-order valence-electron chi connectivity index (χ0n) is 17.6. The van der Waals surface area contributed by atoms with E-state index in [0.717, 1.165) is 23.3 Å². The number of carbonyl (C=O) groups excluding carboxylic acids is 2. The molecule has 3 amide bonds. The van der Waals surface area contributed by atoms with E-state index in [-0.39, 0.29) is 22.7 Å². The highest BCUT2D eigenvalue weighted by Crippen LogP contribution is 2.38. The maximum atomic E-state index is 13.3. The SMILES string of the molecule is CN1C(=O)N(C)C2N=C(NC3CCCCC3)N(Cc3ccc(O)c(Cl)c3)C2(C)C1=O. The first-order valence-corrected chi connectivity index (χ1v) is 10.8. The van der Waals surface area contributed by atoms with Gasteiger partial charge in [-0.05, 0) is 37.5 Å². The Balaban J connectivity index is 1.71. The van der Waals surface area contributed by atoms with Crippen molar-refractivity contribution < 1.29 is 14.7 Å². The van der Waals surface area contributed by atoms with Crippen LogP contribution in [0.25, 0.3) is 0 Å². The molecule has 8 nitrogen and oxygen atoms in total. The normalized spacial score (nSPS) is 27.4. The summed E-state index contributed by atoms with van der Waals surface area (Å²) in [7, 11) is 3.18. The lowest BCUT2D eigenvalue weighted by Gasteiger charge is -2.47. The van der Waals surface area contributed by atoms with E-state index in [0.29, 0.717) is 18.5 Å². The number of nitrogens with zero attached hydrogens (tertiary/aromatic N) is 4. The Kier molecular flexibility index (Phi) is 5.30. The van der Waals surface area contributed by atoms with Crippen LogP contribution in [0, 0.1) is 0 Å². The minimum absolute atomic E-state index is 0.0129. The van der Waals surface area contributed by atoms with E-state index >= 15 is 0 Å². The van der Waals surface area contributed by atoms with Gasteiger partial charge in [0.25, 0.3) is 5.91 Å². The summed E-state index contributed by atoms with van der Waals surface area (Å²) in [6.45, 7) is 2.20. The number of hydrogen-bond acceptors (Lipinski definition) is 6. The van der Waals surface area contributed by atoms with E-state index in [2.05, 4.69) is 5.32 Å². The lowest BCUT2D eigenvalue weighted by atomic mass is 9.91. The predicted molar refractivity (Wildman–Crippen MR) is 114 cm³/mol. The molecule has 2 N–H and O–H groups in total. The number of nitrogens with one attached hydrogen (secondary N) is 1. The molecule has 9 heteroatoms. The Morgan fingerprint density at radius 1 is 1.23 bits per heavy atom. The van der Waals surface area contributed by atoms with E-state index in [1.807, 2.05) is 11.8 Å². The number of rotatable bonds is 3. The summed E-state index contributed by atoms with van der Waals surface area (Å²) in [6.07, 6.45) is 5.07. The van der Waals surface area contributed by atoms with Crippen molar-refractivity contribution in [3.05, 3.63) is 28.8 Å². The van der Waals surface area contributed by atoms with Crippen LogP contribution in [0.2, 0.25) is 5.02 Å². The van der Waals surface area contributed by atoms with Crippen molar-refractivity contribution in [2.24, 2.45) is 4.99 Å². The number of imide groups is 1. The van der Waals surface area contributed by atoms with Gasteiger partial charge < -0.3 is 20.2 Å². The molecule has 0 radical (unpaired) electrons. The van der Waals surface area contributed by atoms with Crippen LogP contribution in [0.4, 0.5) is 4.79 Å². The minimum Gasteiger partial charge on any atom is -0.506 e. The fraction of sp³-hybridized carbons (Fsp3) is 0.571. The highest BCUT2D eigenvalue weighted by atomic mass is 35.5. The second-order valence-corrected chi connectivity index (χ2v) is 8.99. The maximum absolute atomic E-state index is 13.3. The molecule has 3 aliphatic rings. The monoisotopic (exact) mass is 433 g/mol. The van der Waals surface area contributed by atoms with E-state index in [9.17, 15) is 14.7 Å². The summed E-state index contributed by atoms with van der Waals surface area (Å²) in [5.74, 6) is 0.352. The zero-order valence-corrected chi connectivity index (χ0v) is 18.3. The number of guanidine groups is 1. The van der Waals surface area contributed by atoms with Crippen molar-refractivity contribution in [3.63, 3.8) is 0 Å². The molecule has 1 aromatic carbocycles. The third-order valence-electron chi connectivity index (χ3n) is 6.55. The van der Waals surface area contributed by atoms with Gasteiger partial charge in [-0.25, -0.2) is 9.79 Å². The number of benzene rings is 1. The number of urea groups is 1. The third kappa shape index (κ3) is 3.27. The van der Waals surface area contributed by atoms with Crippen LogP contribution in [-0.4, -0.2) is 69.5 Å². The third-order valence-corrected chi connectivity index (χ3v) is 6.85. The van der Waals surface area contributed by atoms with Gasteiger partial charge in [0.1, 0.15) is 5.75 Å². The van der Waals surface area contributed by atoms with E-state index < -0.39 is 11.7 Å². The minimum atomic E-state index is -1.04. The van der Waals surface area contributed by atoms with E-state index in [4.69, 9.17) is 16.6 Å². The fourth-order valence-electron chi connectivity index (χ4n) is 4.74. The van der Waals surface area contributed by atoms with Crippen molar-refractivity contribution in [3.8, 4) is 5.75 Å². The van der Waals surface area contributed by atoms with Gasteiger partial charge in [0.05, 0.1) is 5.02 Å². The molecule has 2 atom stereocenters. The number of aliphatic imine (C=N–C) groups is 1. The Bertz CT molecular complexity index is 901. The molecule has 0 aromatic heterocycles. The number of phenols is 1. The van der Waals surface area contributed by atoms with Gasteiger partial charge in [-0.2, -0.15) is 0 Å². The number of aromatic hydroxyl groups is 1. The summed E-state index contributed by atoms with van der Waals surface area (Å²) in [5, 5.41) is 13.6. The van der Waals surface area contributed by atoms with Gasteiger partial charge >= 0.3 is 6.03 Å². The first-order chi connectivity index (χ1) is 14.2. The zero-order chi connectivity index (χ0) is 21.6. The molecular weight excluding hydrogens is 406 g/mol. The van der Waals surface area contributed by atoms with Crippen LogP contribution in [0.15, 0.2) is 23.2 Å². The molecule has 2 aliphatic heterocycles.